The highest BCUT2D eigenvalue weighted by Gasteiger charge is 2.05. The standard InChI is InChI=1S/C13H11N3OS/c1-17-10-6-5-9-3-2-4-12(11(9)7-10)16-8-14-15-13(16)18/h2-8H,1H3,(H,15,18). The summed E-state index contributed by atoms with van der Waals surface area (Å²) in [6.45, 7) is 0. The van der Waals surface area contributed by atoms with Gasteiger partial charge in [0.05, 0.1) is 12.8 Å². The van der Waals surface area contributed by atoms with Crippen molar-refractivity contribution in [1.29, 1.82) is 0 Å². The number of rotatable bonds is 2. The Balaban J connectivity index is 2.35. The van der Waals surface area contributed by atoms with Crippen LogP contribution in [0, 0.1) is 4.77 Å². The Kier molecular flexibility index (Phi) is 2.60. The highest BCUT2D eigenvalue weighted by atomic mass is 32.1. The van der Waals surface area contributed by atoms with Gasteiger partial charge in [0.1, 0.15) is 12.1 Å². The number of aromatic amines is 1. The van der Waals surface area contributed by atoms with Crippen LogP contribution in [0.25, 0.3) is 16.5 Å². The minimum atomic E-state index is 0.574. The van der Waals surface area contributed by atoms with E-state index in [4.69, 9.17) is 17.0 Å². The third-order valence-electron chi connectivity index (χ3n) is 2.88. The van der Waals surface area contributed by atoms with Gasteiger partial charge < -0.3 is 4.74 Å². The van der Waals surface area contributed by atoms with Crippen molar-refractivity contribution in [3.05, 3.63) is 47.5 Å². The molecule has 3 aromatic rings. The van der Waals surface area contributed by atoms with Crippen molar-refractivity contribution in [1.82, 2.24) is 14.8 Å². The van der Waals surface area contributed by atoms with Crippen LogP contribution in [0.4, 0.5) is 0 Å². The third-order valence-corrected chi connectivity index (χ3v) is 3.17. The molecular formula is C13H11N3OS. The molecule has 0 unspecified atom stereocenters. The van der Waals surface area contributed by atoms with Crippen molar-refractivity contribution in [2.45, 2.75) is 0 Å². The number of ether oxygens (including phenoxy) is 1. The number of nitrogens with zero attached hydrogens (tertiary/aromatic N) is 2. The molecule has 0 saturated carbocycles. The number of H-pyrrole nitrogens is 1. The predicted octanol–water partition coefficient (Wildman–Crippen LogP) is 3.09. The molecular weight excluding hydrogens is 246 g/mol. The molecule has 0 saturated heterocycles. The summed E-state index contributed by atoms with van der Waals surface area (Å²) in [7, 11) is 1.66. The van der Waals surface area contributed by atoms with E-state index in [2.05, 4.69) is 16.3 Å². The molecule has 0 atom stereocenters. The van der Waals surface area contributed by atoms with E-state index in [0.717, 1.165) is 22.2 Å². The highest BCUT2D eigenvalue weighted by Crippen LogP contribution is 2.26. The Morgan fingerprint density at radius 3 is 2.89 bits per heavy atom. The maximum atomic E-state index is 5.27. The van der Waals surface area contributed by atoms with Crippen molar-refractivity contribution < 1.29 is 4.74 Å². The molecule has 0 amide bonds. The van der Waals surface area contributed by atoms with E-state index < -0.39 is 0 Å². The third kappa shape index (κ3) is 1.69. The molecule has 0 aliphatic heterocycles. The first-order valence-electron chi connectivity index (χ1n) is 5.49. The van der Waals surface area contributed by atoms with Crippen molar-refractivity contribution >= 4 is 23.0 Å². The van der Waals surface area contributed by atoms with Crippen molar-refractivity contribution in [3.63, 3.8) is 0 Å². The van der Waals surface area contributed by atoms with Crippen LogP contribution < -0.4 is 4.74 Å². The van der Waals surface area contributed by atoms with Crippen LogP contribution >= 0.6 is 12.2 Å². The zero-order valence-electron chi connectivity index (χ0n) is 9.75. The van der Waals surface area contributed by atoms with Crippen molar-refractivity contribution in [3.8, 4) is 11.4 Å². The van der Waals surface area contributed by atoms with Crippen molar-refractivity contribution in [2.24, 2.45) is 0 Å². The van der Waals surface area contributed by atoms with Gasteiger partial charge in [-0.2, -0.15) is 5.10 Å². The van der Waals surface area contributed by atoms with E-state index in [0.29, 0.717) is 4.77 Å². The lowest BCUT2D eigenvalue weighted by atomic mass is 10.1. The van der Waals surface area contributed by atoms with Crippen LogP contribution in [0.1, 0.15) is 0 Å². The first-order chi connectivity index (χ1) is 8.79. The summed E-state index contributed by atoms with van der Waals surface area (Å²) in [4.78, 5) is 0. The van der Waals surface area contributed by atoms with E-state index in [1.54, 1.807) is 13.4 Å². The maximum Gasteiger partial charge on any atom is 0.199 e. The van der Waals surface area contributed by atoms with Gasteiger partial charge in [-0.15, -0.1) is 0 Å². The molecule has 4 nitrogen and oxygen atoms in total. The summed E-state index contributed by atoms with van der Waals surface area (Å²) in [6.07, 6.45) is 1.68. The Labute approximate surface area is 109 Å². The fourth-order valence-electron chi connectivity index (χ4n) is 1.99. The van der Waals surface area contributed by atoms with E-state index in [9.17, 15) is 0 Å². The van der Waals surface area contributed by atoms with Gasteiger partial charge in [0, 0.05) is 5.39 Å². The van der Waals surface area contributed by atoms with Crippen LogP contribution in [-0.4, -0.2) is 21.9 Å². The van der Waals surface area contributed by atoms with E-state index >= 15 is 0 Å². The molecule has 0 aliphatic carbocycles. The normalized spacial score (nSPS) is 10.7. The van der Waals surface area contributed by atoms with Crippen LogP contribution in [0.2, 0.25) is 0 Å². The molecule has 5 heteroatoms. The molecule has 0 radical (unpaired) electrons. The van der Waals surface area contributed by atoms with Gasteiger partial charge in [0.15, 0.2) is 4.77 Å². The number of methoxy groups -OCH3 is 1. The lowest BCUT2D eigenvalue weighted by molar-refractivity contribution is 0.415. The molecule has 18 heavy (non-hydrogen) atoms. The molecule has 0 aliphatic rings. The summed E-state index contributed by atoms with van der Waals surface area (Å²) in [5.74, 6) is 0.824. The Bertz CT molecular complexity index is 760. The largest absolute Gasteiger partial charge is 0.497 e. The Morgan fingerprint density at radius 2 is 2.17 bits per heavy atom. The molecule has 0 spiro atoms. The van der Waals surface area contributed by atoms with Gasteiger partial charge in [-0.3, -0.25) is 9.67 Å². The lowest BCUT2D eigenvalue weighted by Gasteiger charge is -2.08. The van der Waals surface area contributed by atoms with Gasteiger partial charge in [0.2, 0.25) is 0 Å². The summed E-state index contributed by atoms with van der Waals surface area (Å²) in [6, 6.07) is 12.0. The van der Waals surface area contributed by atoms with Crippen LogP contribution in [0.5, 0.6) is 5.75 Å². The summed E-state index contributed by atoms with van der Waals surface area (Å²) < 4.78 is 7.68. The number of hydrogen-bond donors (Lipinski definition) is 1. The molecule has 90 valence electrons. The second kappa shape index (κ2) is 4.27. The quantitative estimate of drug-likeness (QED) is 0.717. The van der Waals surface area contributed by atoms with E-state index in [1.807, 2.05) is 34.9 Å². The second-order valence-corrected chi connectivity index (χ2v) is 4.28. The zero-order valence-corrected chi connectivity index (χ0v) is 10.6. The number of fused-ring (bicyclic) bond motifs is 1. The minimum Gasteiger partial charge on any atom is -0.497 e. The van der Waals surface area contributed by atoms with E-state index in [1.165, 1.54) is 0 Å². The monoisotopic (exact) mass is 257 g/mol. The SMILES string of the molecule is COc1ccc2cccc(-n3cn[nH]c3=S)c2c1. The van der Waals surface area contributed by atoms with Gasteiger partial charge in [0.25, 0.3) is 0 Å². The topological polar surface area (TPSA) is 42.8 Å². The fourth-order valence-corrected chi connectivity index (χ4v) is 2.19. The average molecular weight is 257 g/mol. The first-order valence-corrected chi connectivity index (χ1v) is 5.89. The van der Waals surface area contributed by atoms with Gasteiger partial charge in [-0.25, -0.2) is 0 Å². The van der Waals surface area contributed by atoms with Crippen LogP contribution in [0.3, 0.4) is 0 Å². The lowest BCUT2D eigenvalue weighted by Crippen LogP contribution is -1.94. The van der Waals surface area contributed by atoms with Crippen molar-refractivity contribution in [2.75, 3.05) is 7.11 Å². The smallest absolute Gasteiger partial charge is 0.199 e. The second-order valence-electron chi connectivity index (χ2n) is 3.90. The number of nitrogens with one attached hydrogen (secondary N) is 1. The molecule has 1 heterocycles. The summed E-state index contributed by atoms with van der Waals surface area (Å²) >= 11 is 5.21. The van der Waals surface area contributed by atoms with Gasteiger partial charge >= 0.3 is 0 Å². The van der Waals surface area contributed by atoms with Gasteiger partial charge in [-0.05, 0) is 35.8 Å². The Morgan fingerprint density at radius 1 is 1.28 bits per heavy atom. The van der Waals surface area contributed by atoms with Crippen LogP contribution in [0.15, 0.2) is 42.7 Å². The summed E-state index contributed by atoms with van der Waals surface area (Å²) in [5.41, 5.74) is 0.991. The number of hydrogen-bond acceptors (Lipinski definition) is 3. The Hall–Kier alpha value is -2.14. The van der Waals surface area contributed by atoms with Crippen LogP contribution in [-0.2, 0) is 0 Å². The maximum absolute atomic E-state index is 5.27. The molecule has 0 fully saturated rings. The first kappa shape index (κ1) is 11.0. The van der Waals surface area contributed by atoms with Gasteiger partial charge in [-0.1, -0.05) is 18.2 Å². The fraction of sp³-hybridized carbons (Fsp3) is 0.0769. The molecule has 3 rings (SSSR count). The predicted molar refractivity (Wildman–Crippen MR) is 72.8 cm³/mol. The number of benzene rings is 2. The zero-order chi connectivity index (χ0) is 12.5. The van der Waals surface area contributed by atoms with E-state index in [-0.39, 0.29) is 0 Å². The molecule has 1 aromatic heterocycles. The minimum absolute atomic E-state index is 0.574. The molecule has 2 aromatic carbocycles. The molecule has 0 bridgehead atoms. The average Bonchev–Trinajstić information content (AvgIpc) is 2.83. The summed E-state index contributed by atoms with van der Waals surface area (Å²) in [5, 5.41) is 8.92. The number of aromatic nitrogens is 3. The molecule has 1 N–H and O–H groups in total. The highest BCUT2D eigenvalue weighted by molar-refractivity contribution is 7.71.